The van der Waals surface area contributed by atoms with E-state index in [0.29, 0.717) is 23.7 Å². The highest BCUT2D eigenvalue weighted by Gasteiger charge is 2.29. The van der Waals surface area contributed by atoms with Crippen molar-refractivity contribution in [3.63, 3.8) is 0 Å². The van der Waals surface area contributed by atoms with Crippen LogP contribution in [-0.2, 0) is 10.0 Å². The van der Waals surface area contributed by atoms with Gasteiger partial charge in [0.2, 0.25) is 10.0 Å². The standard InChI is InChI=1S/C15H24N2O3S/c1-4-7-16-8-10-17(11-9-16)21(18,19)15-6-5-14(20-3)12-13(15)2/h5-6,12H,4,7-11H2,1-3H3. The molecule has 1 heterocycles. The molecule has 1 aliphatic rings. The molecule has 1 aromatic carbocycles. The summed E-state index contributed by atoms with van der Waals surface area (Å²) in [5, 5.41) is 0. The fourth-order valence-corrected chi connectivity index (χ4v) is 4.32. The number of rotatable bonds is 5. The molecule has 0 bridgehead atoms. The molecular weight excluding hydrogens is 288 g/mol. The van der Waals surface area contributed by atoms with Crippen LogP contribution < -0.4 is 4.74 Å². The second-order valence-corrected chi connectivity index (χ2v) is 7.28. The second kappa shape index (κ2) is 6.77. The van der Waals surface area contributed by atoms with E-state index in [9.17, 15) is 8.42 Å². The molecule has 0 saturated carbocycles. The Morgan fingerprint density at radius 1 is 1.19 bits per heavy atom. The van der Waals surface area contributed by atoms with Gasteiger partial charge < -0.3 is 9.64 Å². The number of piperazine rings is 1. The Morgan fingerprint density at radius 2 is 1.86 bits per heavy atom. The van der Waals surface area contributed by atoms with Gasteiger partial charge >= 0.3 is 0 Å². The van der Waals surface area contributed by atoms with Crippen LogP contribution in [0.25, 0.3) is 0 Å². The van der Waals surface area contributed by atoms with E-state index >= 15 is 0 Å². The van der Waals surface area contributed by atoms with Crippen LogP contribution >= 0.6 is 0 Å². The Balaban J connectivity index is 2.16. The monoisotopic (exact) mass is 312 g/mol. The largest absolute Gasteiger partial charge is 0.497 e. The molecule has 0 radical (unpaired) electrons. The van der Waals surface area contributed by atoms with E-state index < -0.39 is 10.0 Å². The third-order valence-electron chi connectivity index (χ3n) is 3.87. The molecule has 0 unspecified atom stereocenters. The maximum Gasteiger partial charge on any atom is 0.243 e. The molecule has 0 atom stereocenters. The highest BCUT2D eigenvalue weighted by Crippen LogP contribution is 2.24. The number of sulfonamides is 1. The topological polar surface area (TPSA) is 49.9 Å². The molecule has 0 aliphatic carbocycles. The molecule has 0 spiro atoms. The minimum Gasteiger partial charge on any atom is -0.497 e. The lowest BCUT2D eigenvalue weighted by Crippen LogP contribution is -2.48. The van der Waals surface area contributed by atoms with E-state index in [2.05, 4.69) is 11.8 Å². The number of benzene rings is 1. The number of aryl methyl sites for hydroxylation is 1. The summed E-state index contributed by atoms with van der Waals surface area (Å²) in [5.41, 5.74) is 0.727. The molecule has 1 saturated heterocycles. The van der Waals surface area contributed by atoms with Gasteiger partial charge in [0.1, 0.15) is 5.75 Å². The lowest BCUT2D eigenvalue weighted by Gasteiger charge is -2.34. The quantitative estimate of drug-likeness (QED) is 0.831. The third-order valence-corrected chi connectivity index (χ3v) is 5.93. The summed E-state index contributed by atoms with van der Waals surface area (Å²) in [4.78, 5) is 2.69. The zero-order chi connectivity index (χ0) is 15.5. The minimum atomic E-state index is -3.40. The smallest absolute Gasteiger partial charge is 0.243 e. The van der Waals surface area contributed by atoms with E-state index in [-0.39, 0.29) is 0 Å². The molecule has 0 N–H and O–H groups in total. The molecule has 0 aromatic heterocycles. The van der Waals surface area contributed by atoms with Crippen molar-refractivity contribution in [1.29, 1.82) is 0 Å². The van der Waals surface area contributed by atoms with Crippen LogP contribution in [0.15, 0.2) is 23.1 Å². The summed E-state index contributed by atoms with van der Waals surface area (Å²) >= 11 is 0. The van der Waals surface area contributed by atoms with Crippen molar-refractivity contribution in [3.05, 3.63) is 23.8 Å². The van der Waals surface area contributed by atoms with Crippen molar-refractivity contribution in [2.45, 2.75) is 25.2 Å². The van der Waals surface area contributed by atoms with Crippen LogP contribution in [0.1, 0.15) is 18.9 Å². The maximum absolute atomic E-state index is 12.7. The minimum absolute atomic E-state index is 0.382. The van der Waals surface area contributed by atoms with Gasteiger partial charge in [0, 0.05) is 26.2 Å². The summed E-state index contributed by atoms with van der Waals surface area (Å²) < 4.78 is 32.2. The molecule has 21 heavy (non-hydrogen) atoms. The van der Waals surface area contributed by atoms with Crippen molar-refractivity contribution in [1.82, 2.24) is 9.21 Å². The number of hydrogen-bond acceptors (Lipinski definition) is 4. The van der Waals surface area contributed by atoms with Crippen molar-refractivity contribution < 1.29 is 13.2 Å². The second-order valence-electron chi connectivity index (χ2n) is 5.38. The maximum atomic E-state index is 12.7. The van der Waals surface area contributed by atoms with Gasteiger partial charge in [-0.05, 0) is 43.7 Å². The number of ether oxygens (including phenoxy) is 1. The lowest BCUT2D eigenvalue weighted by atomic mass is 10.2. The van der Waals surface area contributed by atoms with Crippen LogP contribution in [0.2, 0.25) is 0 Å². The van der Waals surface area contributed by atoms with Gasteiger partial charge in [-0.2, -0.15) is 4.31 Å². The van der Waals surface area contributed by atoms with E-state index in [1.54, 1.807) is 29.6 Å². The molecule has 118 valence electrons. The zero-order valence-electron chi connectivity index (χ0n) is 13.0. The Labute approximate surface area is 127 Å². The number of hydrogen-bond donors (Lipinski definition) is 0. The van der Waals surface area contributed by atoms with Crippen LogP contribution in [0.4, 0.5) is 0 Å². The van der Waals surface area contributed by atoms with Crippen LogP contribution in [0, 0.1) is 6.92 Å². The molecule has 1 aliphatic heterocycles. The van der Waals surface area contributed by atoms with Crippen LogP contribution in [-0.4, -0.2) is 57.5 Å². The molecule has 5 nitrogen and oxygen atoms in total. The number of nitrogens with zero attached hydrogens (tertiary/aromatic N) is 2. The first-order valence-corrected chi connectivity index (χ1v) is 8.80. The van der Waals surface area contributed by atoms with Gasteiger partial charge in [0.25, 0.3) is 0 Å². The highest BCUT2D eigenvalue weighted by molar-refractivity contribution is 7.89. The van der Waals surface area contributed by atoms with Gasteiger partial charge in [-0.25, -0.2) is 8.42 Å². The first kappa shape index (κ1) is 16.3. The first-order chi connectivity index (χ1) is 9.98. The summed E-state index contributed by atoms with van der Waals surface area (Å²) in [6, 6.07) is 5.11. The van der Waals surface area contributed by atoms with Crippen molar-refractivity contribution >= 4 is 10.0 Å². The van der Waals surface area contributed by atoms with E-state index in [4.69, 9.17) is 4.74 Å². The predicted molar refractivity (Wildman–Crippen MR) is 83.2 cm³/mol. The Bertz CT molecular complexity index is 579. The Morgan fingerprint density at radius 3 is 2.38 bits per heavy atom. The summed E-state index contributed by atoms with van der Waals surface area (Å²) in [5.74, 6) is 0.680. The number of methoxy groups -OCH3 is 1. The van der Waals surface area contributed by atoms with E-state index in [0.717, 1.165) is 31.6 Å². The summed E-state index contributed by atoms with van der Waals surface area (Å²) in [6.07, 6.45) is 1.10. The van der Waals surface area contributed by atoms with Gasteiger partial charge in [0.15, 0.2) is 0 Å². The fraction of sp³-hybridized carbons (Fsp3) is 0.600. The normalized spacial score (nSPS) is 17.9. The Hall–Kier alpha value is -1.11. The van der Waals surface area contributed by atoms with Gasteiger partial charge in [-0.1, -0.05) is 6.92 Å². The fourth-order valence-electron chi connectivity index (χ4n) is 2.69. The van der Waals surface area contributed by atoms with Crippen LogP contribution in [0.5, 0.6) is 5.75 Å². The highest BCUT2D eigenvalue weighted by atomic mass is 32.2. The molecule has 0 amide bonds. The summed E-state index contributed by atoms with van der Waals surface area (Å²) in [7, 11) is -1.83. The molecular formula is C15H24N2O3S. The first-order valence-electron chi connectivity index (χ1n) is 7.36. The average Bonchev–Trinajstić information content (AvgIpc) is 2.47. The Kier molecular flexibility index (Phi) is 5.24. The van der Waals surface area contributed by atoms with E-state index in [1.807, 2.05) is 6.92 Å². The average molecular weight is 312 g/mol. The molecule has 1 aromatic rings. The van der Waals surface area contributed by atoms with Gasteiger partial charge in [-0.3, -0.25) is 0 Å². The van der Waals surface area contributed by atoms with Gasteiger partial charge in [-0.15, -0.1) is 0 Å². The summed E-state index contributed by atoms with van der Waals surface area (Å²) in [6.45, 7) is 7.73. The van der Waals surface area contributed by atoms with Gasteiger partial charge in [0.05, 0.1) is 12.0 Å². The van der Waals surface area contributed by atoms with E-state index in [1.165, 1.54) is 0 Å². The molecule has 6 heteroatoms. The third kappa shape index (κ3) is 3.56. The SMILES string of the molecule is CCCN1CCN(S(=O)(=O)c2ccc(OC)cc2C)CC1. The van der Waals surface area contributed by atoms with Crippen molar-refractivity contribution in [2.24, 2.45) is 0 Å². The van der Waals surface area contributed by atoms with Crippen molar-refractivity contribution in [3.8, 4) is 5.75 Å². The zero-order valence-corrected chi connectivity index (χ0v) is 13.8. The lowest BCUT2D eigenvalue weighted by molar-refractivity contribution is 0.188. The van der Waals surface area contributed by atoms with Crippen molar-refractivity contribution in [2.75, 3.05) is 39.8 Å². The predicted octanol–water partition coefficient (Wildman–Crippen LogP) is 1.72. The molecule has 2 rings (SSSR count). The molecule has 1 fully saturated rings. The van der Waals surface area contributed by atoms with Crippen LogP contribution in [0.3, 0.4) is 0 Å².